The zero-order valence-corrected chi connectivity index (χ0v) is 7.72. The van der Waals surface area contributed by atoms with E-state index in [4.69, 9.17) is 16.9 Å². The van der Waals surface area contributed by atoms with E-state index in [1.165, 1.54) is 24.4 Å². The SMILES string of the molecule is N#Cc1c(Cl)cnc2ccc(F)cc12. The fourth-order valence-corrected chi connectivity index (χ4v) is 1.45. The van der Waals surface area contributed by atoms with Crippen molar-refractivity contribution in [3.63, 3.8) is 0 Å². The van der Waals surface area contributed by atoms with E-state index in [0.717, 1.165) is 0 Å². The molecular weight excluding hydrogens is 203 g/mol. The predicted molar refractivity (Wildman–Crippen MR) is 51.4 cm³/mol. The van der Waals surface area contributed by atoms with Crippen LogP contribution in [0.4, 0.5) is 4.39 Å². The third-order valence-electron chi connectivity index (χ3n) is 1.90. The summed E-state index contributed by atoms with van der Waals surface area (Å²) in [7, 11) is 0. The minimum atomic E-state index is -0.405. The van der Waals surface area contributed by atoms with Crippen LogP contribution >= 0.6 is 11.6 Å². The number of pyridine rings is 1. The van der Waals surface area contributed by atoms with Gasteiger partial charge in [0.05, 0.1) is 16.1 Å². The standard InChI is InChI=1S/C10H4ClFN2/c11-9-5-14-10-2-1-6(12)3-7(10)8(9)4-13/h1-3,5H. The number of rotatable bonds is 0. The Balaban J connectivity index is 2.93. The van der Waals surface area contributed by atoms with Crippen molar-refractivity contribution < 1.29 is 4.39 Å². The van der Waals surface area contributed by atoms with E-state index >= 15 is 0 Å². The number of fused-ring (bicyclic) bond motifs is 1. The maximum Gasteiger partial charge on any atom is 0.124 e. The van der Waals surface area contributed by atoms with Gasteiger partial charge in [0, 0.05) is 11.6 Å². The fraction of sp³-hybridized carbons (Fsp3) is 0. The first-order valence-corrected chi connectivity index (χ1v) is 4.24. The van der Waals surface area contributed by atoms with Gasteiger partial charge in [0.2, 0.25) is 0 Å². The largest absolute Gasteiger partial charge is 0.255 e. The highest BCUT2D eigenvalue weighted by molar-refractivity contribution is 6.32. The van der Waals surface area contributed by atoms with Crippen LogP contribution in [-0.4, -0.2) is 4.98 Å². The van der Waals surface area contributed by atoms with Gasteiger partial charge in [-0.15, -0.1) is 0 Å². The topological polar surface area (TPSA) is 36.7 Å². The predicted octanol–water partition coefficient (Wildman–Crippen LogP) is 2.90. The van der Waals surface area contributed by atoms with Crippen molar-refractivity contribution in [2.75, 3.05) is 0 Å². The van der Waals surface area contributed by atoms with E-state index in [1.54, 1.807) is 0 Å². The molecule has 1 aromatic carbocycles. The van der Waals surface area contributed by atoms with Gasteiger partial charge >= 0.3 is 0 Å². The van der Waals surface area contributed by atoms with Crippen LogP contribution < -0.4 is 0 Å². The Hall–Kier alpha value is -1.66. The van der Waals surface area contributed by atoms with Crippen LogP contribution in [0.25, 0.3) is 10.9 Å². The highest BCUT2D eigenvalue weighted by Crippen LogP contribution is 2.23. The van der Waals surface area contributed by atoms with E-state index in [2.05, 4.69) is 4.98 Å². The molecule has 0 atom stereocenters. The summed E-state index contributed by atoms with van der Waals surface area (Å²) in [4.78, 5) is 3.98. The van der Waals surface area contributed by atoms with Crippen molar-refractivity contribution in [3.05, 3.63) is 40.8 Å². The lowest BCUT2D eigenvalue weighted by atomic mass is 10.1. The Morgan fingerprint density at radius 1 is 1.43 bits per heavy atom. The average Bonchev–Trinajstić information content (AvgIpc) is 2.17. The molecule has 0 amide bonds. The molecule has 1 aromatic heterocycles. The first-order chi connectivity index (χ1) is 6.72. The third kappa shape index (κ3) is 1.30. The summed E-state index contributed by atoms with van der Waals surface area (Å²) >= 11 is 5.75. The van der Waals surface area contributed by atoms with Gasteiger partial charge in [-0.2, -0.15) is 5.26 Å². The number of hydrogen-bond donors (Lipinski definition) is 0. The van der Waals surface area contributed by atoms with Crippen molar-refractivity contribution in [3.8, 4) is 6.07 Å². The van der Waals surface area contributed by atoms with Crippen LogP contribution in [0.3, 0.4) is 0 Å². The molecule has 0 saturated heterocycles. The minimum Gasteiger partial charge on any atom is -0.255 e. The van der Waals surface area contributed by atoms with Gasteiger partial charge in [0.1, 0.15) is 11.9 Å². The van der Waals surface area contributed by atoms with E-state index in [0.29, 0.717) is 10.9 Å². The van der Waals surface area contributed by atoms with Crippen LogP contribution in [0.1, 0.15) is 5.56 Å². The first-order valence-electron chi connectivity index (χ1n) is 3.86. The van der Waals surface area contributed by atoms with Crippen molar-refractivity contribution in [1.29, 1.82) is 5.26 Å². The first kappa shape index (κ1) is 8.92. The second-order valence-electron chi connectivity index (χ2n) is 2.75. The van der Waals surface area contributed by atoms with Crippen LogP contribution in [0.5, 0.6) is 0 Å². The number of halogens is 2. The second kappa shape index (κ2) is 3.24. The molecule has 68 valence electrons. The Bertz CT molecular complexity index is 540. The lowest BCUT2D eigenvalue weighted by Gasteiger charge is -2.00. The molecule has 4 heteroatoms. The molecule has 1 heterocycles. The molecule has 2 nitrogen and oxygen atoms in total. The maximum atomic E-state index is 12.9. The monoisotopic (exact) mass is 206 g/mol. The summed E-state index contributed by atoms with van der Waals surface area (Å²) in [5.74, 6) is -0.405. The van der Waals surface area contributed by atoms with Crippen molar-refractivity contribution in [2.45, 2.75) is 0 Å². The summed E-state index contributed by atoms with van der Waals surface area (Å²) in [5.41, 5.74) is 0.823. The van der Waals surface area contributed by atoms with Gasteiger partial charge in [-0.1, -0.05) is 11.6 Å². The Morgan fingerprint density at radius 3 is 2.93 bits per heavy atom. The zero-order valence-electron chi connectivity index (χ0n) is 6.96. The molecule has 0 unspecified atom stereocenters. The summed E-state index contributed by atoms with van der Waals surface area (Å²) in [6.07, 6.45) is 1.39. The van der Waals surface area contributed by atoms with E-state index in [1.807, 2.05) is 6.07 Å². The molecule has 0 fully saturated rings. The molecule has 0 saturated carbocycles. The summed E-state index contributed by atoms with van der Waals surface area (Å²) in [6, 6.07) is 6.00. The molecule has 2 rings (SSSR count). The molecule has 0 aliphatic carbocycles. The van der Waals surface area contributed by atoms with Gasteiger partial charge < -0.3 is 0 Å². The van der Waals surface area contributed by atoms with Gasteiger partial charge in [0.15, 0.2) is 0 Å². The smallest absolute Gasteiger partial charge is 0.124 e. The number of hydrogen-bond acceptors (Lipinski definition) is 2. The van der Waals surface area contributed by atoms with Crippen molar-refractivity contribution in [1.82, 2.24) is 4.98 Å². The fourth-order valence-electron chi connectivity index (χ4n) is 1.25. The van der Waals surface area contributed by atoms with Gasteiger partial charge in [-0.25, -0.2) is 4.39 Å². The summed E-state index contributed by atoms with van der Waals surface area (Å²) < 4.78 is 12.9. The Kier molecular flexibility index (Phi) is 2.06. The van der Waals surface area contributed by atoms with Gasteiger partial charge in [-0.05, 0) is 18.2 Å². The van der Waals surface area contributed by atoms with E-state index in [9.17, 15) is 4.39 Å². The number of aromatic nitrogens is 1. The van der Waals surface area contributed by atoms with Crippen LogP contribution in [0.15, 0.2) is 24.4 Å². The lowest BCUT2D eigenvalue weighted by molar-refractivity contribution is 0.629. The van der Waals surface area contributed by atoms with E-state index < -0.39 is 5.82 Å². The molecule has 0 spiro atoms. The second-order valence-corrected chi connectivity index (χ2v) is 3.16. The van der Waals surface area contributed by atoms with Crippen molar-refractivity contribution in [2.24, 2.45) is 0 Å². The van der Waals surface area contributed by atoms with Gasteiger partial charge in [0.25, 0.3) is 0 Å². The van der Waals surface area contributed by atoms with Crippen LogP contribution in [0.2, 0.25) is 5.02 Å². The number of nitrogens with zero attached hydrogens (tertiary/aromatic N) is 2. The molecule has 0 aliphatic rings. The van der Waals surface area contributed by atoms with Crippen molar-refractivity contribution >= 4 is 22.5 Å². The molecule has 14 heavy (non-hydrogen) atoms. The van der Waals surface area contributed by atoms with Crippen LogP contribution in [-0.2, 0) is 0 Å². The molecule has 0 N–H and O–H groups in total. The highest BCUT2D eigenvalue weighted by Gasteiger charge is 2.07. The van der Waals surface area contributed by atoms with E-state index in [-0.39, 0.29) is 10.6 Å². The normalized spacial score (nSPS) is 10.1. The maximum absolute atomic E-state index is 12.9. The Labute approximate surface area is 84.6 Å². The zero-order chi connectivity index (χ0) is 10.1. The minimum absolute atomic E-state index is 0.241. The molecule has 0 radical (unpaired) electrons. The summed E-state index contributed by atoms with van der Waals surface area (Å²) in [6.45, 7) is 0. The quantitative estimate of drug-likeness (QED) is 0.665. The Morgan fingerprint density at radius 2 is 2.21 bits per heavy atom. The summed E-state index contributed by atoms with van der Waals surface area (Å²) in [5, 5.41) is 9.51. The average molecular weight is 207 g/mol. The lowest BCUT2D eigenvalue weighted by Crippen LogP contribution is -1.86. The van der Waals surface area contributed by atoms with Gasteiger partial charge in [-0.3, -0.25) is 4.98 Å². The number of benzene rings is 1. The molecule has 0 aliphatic heterocycles. The van der Waals surface area contributed by atoms with Crippen LogP contribution in [0, 0.1) is 17.1 Å². The highest BCUT2D eigenvalue weighted by atomic mass is 35.5. The molecule has 0 bridgehead atoms. The third-order valence-corrected chi connectivity index (χ3v) is 2.18. The molecular formula is C10H4ClFN2. The molecule has 2 aromatic rings. The number of nitriles is 1.